The van der Waals surface area contributed by atoms with E-state index in [9.17, 15) is 9.59 Å². The number of halogens is 1. The lowest BCUT2D eigenvalue weighted by Crippen LogP contribution is -2.29. The fraction of sp³-hybridized carbons (Fsp3) is 0.167. The lowest BCUT2D eigenvalue weighted by Gasteiger charge is -2.14. The molecule has 0 spiro atoms. The van der Waals surface area contributed by atoms with E-state index in [1.165, 1.54) is 4.90 Å². The first-order chi connectivity index (χ1) is 11.1. The van der Waals surface area contributed by atoms with E-state index in [4.69, 9.17) is 5.26 Å². The lowest BCUT2D eigenvalue weighted by molar-refractivity contribution is 0.0642. The van der Waals surface area contributed by atoms with Crippen LogP contribution in [-0.2, 0) is 6.54 Å². The summed E-state index contributed by atoms with van der Waals surface area (Å²) in [7, 11) is 0. The molecule has 0 N–H and O–H groups in total. The van der Waals surface area contributed by atoms with Gasteiger partial charge in [0.25, 0.3) is 11.8 Å². The van der Waals surface area contributed by atoms with Crippen LogP contribution in [0.5, 0.6) is 0 Å². The van der Waals surface area contributed by atoms with Gasteiger partial charge in [-0.2, -0.15) is 5.26 Å². The zero-order chi connectivity index (χ0) is 17.0. The van der Waals surface area contributed by atoms with Gasteiger partial charge in [-0.15, -0.1) is 0 Å². The Morgan fingerprint density at radius 1 is 1.04 bits per heavy atom. The van der Waals surface area contributed by atoms with Crippen LogP contribution in [-0.4, -0.2) is 16.7 Å². The summed E-state index contributed by atoms with van der Waals surface area (Å²) in [5, 5.41) is 8.90. The van der Waals surface area contributed by atoms with Crippen LogP contribution < -0.4 is 0 Å². The summed E-state index contributed by atoms with van der Waals surface area (Å²) in [5.74, 6) is -0.563. The standard InChI is InChI=1S/C16H9BrN2O2.C2H6/c17-14-7-10(5-6-11(14)8-18)9-19-15(20)12-3-1-2-4-13(12)16(19)21;1-2/h1-7H,9H2;1-2H3. The van der Waals surface area contributed by atoms with Gasteiger partial charge in [-0.1, -0.05) is 32.0 Å². The van der Waals surface area contributed by atoms with E-state index >= 15 is 0 Å². The smallest absolute Gasteiger partial charge is 0.261 e. The van der Waals surface area contributed by atoms with Crippen LogP contribution in [0, 0.1) is 11.3 Å². The Morgan fingerprint density at radius 2 is 1.61 bits per heavy atom. The number of nitrogens with zero attached hydrogens (tertiary/aromatic N) is 2. The van der Waals surface area contributed by atoms with Crippen molar-refractivity contribution in [2.24, 2.45) is 0 Å². The van der Waals surface area contributed by atoms with Crippen LogP contribution in [0.15, 0.2) is 46.9 Å². The van der Waals surface area contributed by atoms with Crippen molar-refractivity contribution in [3.63, 3.8) is 0 Å². The molecule has 1 aliphatic rings. The van der Waals surface area contributed by atoms with Crippen molar-refractivity contribution in [2.45, 2.75) is 20.4 Å². The maximum Gasteiger partial charge on any atom is 0.261 e. The molecule has 5 heteroatoms. The Hall–Kier alpha value is -2.45. The van der Waals surface area contributed by atoms with Gasteiger partial charge in [-0.05, 0) is 45.8 Å². The number of hydrogen-bond donors (Lipinski definition) is 0. The number of amides is 2. The summed E-state index contributed by atoms with van der Waals surface area (Å²) in [6.07, 6.45) is 0. The highest BCUT2D eigenvalue weighted by molar-refractivity contribution is 9.10. The average Bonchev–Trinajstić information content (AvgIpc) is 2.82. The van der Waals surface area contributed by atoms with E-state index in [1.807, 2.05) is 13.8 Å². The monoisotopic (exact) mass is 370 g/mol. The maximum atomic E-state index is 12.3. The van der Waals surface area contributed by atoms with Crippen LogP contribution in [0.1, 0.15) is 45.7 Å². The van der Waals surface area contributed by atoms with Gasteiger partial charge in [0.15, 0.2) is 0 Å². The van der Waals surface area contributed by atoms with Gasteiger partial charge in [0.05, 0.1) is 23.2 Å². The van der Waals surface area contributed by atoms with E-state index in [0.29, 0.717) is 21.2 Å². The van der Waals surface area contributed by atoms with E-state index in [2.05, 4.69) is 22.0 Å². The van der Waals surface area contributed by atoms with Crippen LogP contribution in [0.4, 0.5) is 0 Å². The first-order valence-corrected chi connectivity index (χ1v) is 8.05. The van der Waals surface area contributed by atoms with Crippen LogP contribution in [0.25, 0.3) is 0 Å². The quantitative estimate of drug-likeness (QED) is 0.746. The molecule has 0 unspecified atom stereocenters. The molecule has 0 saturated heterocycles. The molecule has 0 bridgehead atoms. The molecule has 4 nitrogen and oxygen atoms in total. The number of fused-ring (bicyclic) bond motifs is 1. The molecular weight excluding hydrogens is 356 g/mol. The fourth-order valence-corrected chi connectivity index (χ4v) is 2.83. The largest absolute Gasteiger partial charge is 0.270 e. The normalized spacial score (nSPS) is 12.3. The predicted octanol–water partition coefficient (Wildman–Crippen LogP) is 4.14. The summed E-state index contributed by atoms with van der Waals surface area (Å²) in [6, 6.07) is 14.0. The summed E-state index contributed by atoms with van der Waals surface area (Å²) in [4.78, 5) is 25.7. The van der Waals surface area contributed by atoms with Crippen molar-refractivity contribution >= 4 is 27.7 Å². The number of imide groups is 1. The second-order valence-corrected chi connectivity index (χ2v) is 5.52. The van der Waals surface area contributed by atoms with Gasteiger partial charge in [0.1, 0.15) is 6.07 Å². The molecule has 23 heavy (non-hydrogen) atoms. The SMILES string of the molecule is CC.N#Cc1ccc(CN2C(=O)c3ccccc3C2=O)cc1Br. The fourth-order valence-electron chi connectivity index (χ4n) is 2.31. The van der Waals surface area contributed by atoms with Crippen molar-refractivity contribution in [3.05, 3.63) is 69.2 Å². The van der Waals surface area contributed by atoms with Gasteiger partial charge >= 0.3 is 0 Å². The summed E-state index contributed by atoms with van der Waals surface area (Å²) in [6.45, 7) is 4.19. The molecule has 0 atom stereocenters. The number of benzene rings is 2. The van der Waals surface area contributed by atoms with Crippen LogP contribution in [0.3, 0.4) is 0 Å². The molecule has 3 rings (SSSR count). The van der Waals surface area contributed by atoms with Crippen LogP contribution in [0.2, 0.25) is 0 Å². The zero-order valence-corrected chi connectivity index (χ0v) is 14.4. The van der Waals surface area contributed by atoms with Gasteiger partial charge in [0, 0.05) is 4.47 Å². The number of hydrogen-bond acceptors (Lipinski definition) is 3. The highest BCUT2D eigenvalue weighted by Gasteiger charge is 2.34. The molecule has 0 aliphatic carbocycles. The molecule has 116 valence electrons. The minimum atomic E-state index is -0.281. The zero-order valence-electron chi connectivity index (χ0n) is 12.8. The molecule has 0 radical (unpaired) electrons. The number of nitriles is 1. The molecular formula is C18H15BrN2O2. The summed E-state index contributed by atoms with van der Waals surface area (Å²) >= 11 is 3.30. The minimum Gasteiger partial charge on any atom is -0.270 e. The summed E-state index contributed by atoms with van der Waals surface area (Å²) < 4.78 is 0.652. The Kier molecular flexibility index (Phi) is 5.30. The lowest BCUT2D eigenvalue weighted by atomic mass is 10.1. The highest BCUT2D eigenvalue weighted by atomic mass is 79.9. The van der Waals surface area contributed by atoms with Gasteiger partial charge in [-0.25, -0.2) is 0 Å². The third-order valence-electron chi connectivity index (χ3n) is 3.37. The summed E-state index contributed by atoms with van der Waals surface area (Å²) in [5.41, 5.74) is 2.18. The molecule has 2 aromatic carbocycles. The van der Waals surface area contributed by atoms with Gasteiger partial charge in [-0.3, -0.25) is 14.5 Å². The third kappa shape index (κ3) is 3.17. The van der Waals surface area contributed by atoms with Gasteiger partial charge in [0.2, 0.25) is 0 Å². The second kappa shape index (κ2) is 7.21. The van der Waals surface area contributed by atoms with Crippen molar-refractivity contribution in [1.82, 2.24) is 4.90 Å². The van der Waals surface area contributed by atoms with E-state index < -0.39 is 0 Å². The first-order valence-electron chi connectivity index (χ1n) is 7.25. The Bertz CT molecular complexity index is 774. The molecule has 2 amide bonds. The Labute approximate surface area is 143 Å². The Balaban J connectivity index is 0.000000924. The minimum absolute atomic E-state index is 0.191. The topological polar surface area (TPSA) is 61.2 Å². The average molecular weight is 371 g/mol. The van der Waals surface area contributed by atoms with E-state index in [-0.39, 0.29) is 18.4 Å². The van der Waals surface area contributed by atoms with E-state index in [1.54, 1.807) is 42.5 Å². The molecule has 0 saturated carbocycles. The second-order valence-electron chi connectivity index (χ2n) is 4.67. The molecule has 1 aliphatic heterocycles. The molecule has 0 aromatic heterocycles. The van der Waals surface area contributed by atoms with Crippen LogP contribution >= 0.6 is 15.9 Å². The number of rotatable bonds is 2. The number of carbonyl (C=O) groups excluding carboxylic acids is 2. The predicted molar refractivity (Wildman–Crippen MR) is 90.9 cm³/mol. The maximum absolute atomic E-state index is 12.3. The van der Waals surface area contributed by atoms with Crippen molar-refractivity contribution < 1.29 is 9.59 Å². The van der Waals surface area contributed by atoms with Crippen molar-refractivity contribution in [3.8, 4) is 6.07 Å². The Morgan fingerprint density at radius 3 is 2.09 bits per heavy atom. The third-order valence-corrected chi connectivity index (χ3v) is 4.03. The van der Waals surface area contributed by atoms with E-state index in [0.717, 1.165) is 5.56 Å². The number of carbonyl (C=O) groups is 2. The van der Waals surface area contributed by atoms with Crippen molar-refractivity contribution in [2.75, 3.05) is 0 Å². The highest BCUT2D eigenvalue weighted by Crippen LogP contribution is 2.25. The van der Waals surface area contributed by atoms with Crippen molar-refractivity contribution in [1.29, 1.82) is 5.26 Å². The van der Waals surface area contributed by atoms with Gasteiger partial charge < -0.3 is 0 Å². The molecule has 1 heterocycles. The molecule has 0 fully saturated rings. The molecule has 2 aromatic rings. The first kappa shape index (κ1) is 16.9.